The van der Waals surface area contributed by atoms with Gasteiger partial charge in [0.15, 0.2) is 11.6 Å². The molecular weight excluding hydrogens is 322 g/mol. The van der Waals surface area contributed by atoms with E-state index < -0.39 is 5.60 Å². The summed E-state index contributed by atoms with van der Waals surface area (Å²) >= 11 is 0. The van der Waals surface area contributed by atoms with E-state index in [2.05, 4.69) is 20.6 Å². The van der Waals surface area contributed by atoms with E-state index >= 15 is 0 Å². The van der Waals surface area contributed by atoms with Crippen molar-refractivity contribution in [3.05, 3.63) is 29.7 Å². The number of carbonyl (C=O) groups excluding carboxylic acids is 1. The van der Waals surface area contributed by atoms with Crippen molar-refractivity contribution < 1.29 is 14.3 Å². The minimum absolute atomic E-state index is 0.0128. The molecule has 0 saturated heterocycles. The van der Waals surface area contributed by atoms with Crippen LogP contribution in [0.25, 0.3) is 0 Å². The number of hydrogen-bond acceptors (Lipinski definition) is 6. The Bertz CT molecular complexity index is 731. The van der Waals surface area contributed by atoms with Crippen molar-refractivity contribution in [3.8, 4) is 0 Å². The average molecular weight is 347 g/mol. The highest BCUT2D eigenvalue weighted by atomic mass is 16.3. The fourth-order valence-corrected chi connectivity index (χ4v) is 3.14. The Morgan fingerprint density at radius 1 is 1.44 bits per heavy atom. The first-order valence-corrected chi connectivity index (χ1v) is 8.78. The van der Waals surface area contributed by atoms with E-state index in [1.54, 1.807) is 24.7 Å². The summed E-state index contributed by atoms with van der Waals surface area (Å²) in [4.78, 5) is 16.6. The lowest BCUT2D eigenvalue weighted by Gasteiger charge is -2.31. The summed E-state index contributed by atoms with van der Waals surface area (Å²) in [6.45, 7) is 5.28. The van der Waals surface area contributed by atoms with E-state index in [4.69, 9.17) is 4.42 Å². The number of amides is 1. The predicted octanol–water partition coefficient (Wildman–Crippen LogP) is 1.97. The first-order chi connectivity index (χ1) is 11.9. The molecule has 2 aromatic rings. The van der Waals surface area contributed by atoms with E-state index in [-0.39, 0.29) is 18.0 Å². The molecule has 8 nitrogen and oxygen atoms in total. The maximum Gasteiger partial charge on any atom is 0.273 e. The summed E-state index contributed by atoms with van der Waals surface area (Å²) in [5.74, 6) is 0.319. The van der Waals surface area contributed by atoms with Crippen molar-refractivity contribution >= 4 is 5.91 Å². The molecule has 0 aliphatic heterocycles. The fourth-order valence-electron chi connectivity index (χ4n) is 3.14. The number of hydrogen-bond donors (Lipinski definition) is 2. The minimum atomic E-state index is -1.04. The molecule has 2 aromatic heterocycles. The fraction of sp³-hybridized carbons (Fsp3) is 0.647. The summed E-state index contributed by atoms with van der Waals surface area (Å²) in [5.41, 5.74) is -0.215. The normalized spacial score (nSPS) is 21.3. The van der Waals surface area contributed by atoms with Crippen molar-refractivity contribution in [1.29, 1.82) is 0 Å². The second-order valence-electron chi connectivity index (χ2n) is 7.05. The molecule has 0 radical (unpaired) electrons. The van der Waals surface area contributed by atoms with Crippen LogP contribution in [-0.2, 0) is 12.0 Å². The zero-order valence-electron chi connectivity index (χ0n) is 14.9. The largest absolute Gasteiger partial charge is 0.448 e. The van der Waals surface area contributed by atoms with Crippen molar-refractivity contribution in [2.24, 2.45) is 0 Å². The van der Waals surface area contributed by atoms with E-state index in [1.165, 1.54) is 6.26 Å². The number of carbonyl (C=O) groups is 1. The van der Waals surface area contributed by atoms with Gasteiger partial charge in [-0.1, -0.05) is 25.0 Å². The molecule has 2 atom stereocenters. The zero-order chi connectivity index (χ0) is 18.0. The Morgan fingerprint density at radius 2 is 2.20 bits per heavy atom. The molecule has 1 saturated carbocycles. The van der Waals surface area contributed by atoms with E-state index in [9.17, 15) is 9.90 Å². The Kier molecular flexibility index (Phi) is 4.89. The molecule has 0 bridgehead atoms. The third-order valence-electron chi connectivity index (χ3n) is 4.61. The number of oxazole rings is 1. The van der Waals surface area contributed by atoms with Crippen LogP contribution in [-0.4, -0.2) is 37.0 Å². The van der Waals surface area contributed by atoms with Crippen LogP contribution in [0.5, 0.6) is 0 Å². The molecular formula is C17H25N5O3. The number of aliphatic hydroxyl groups is 1. The van der Waals surface area contributed by atoms with Gasteiger partial charge in [-0.2, -0.15) is 0 Å². The van der Waals surface area contributed by atoms with E-state index in [1.807, 2.05) is 6.92 Å². The van der Waals surface area contributed by atoms with Crippen LogP contribution in [0, 0.1) is 0 Å². The molecule has 1 aliphatic rings. The summed E-state index contributed by atoms with van der Waals surface area (Å²) in [7, 11) is 0. The van der Waals surface area contributed by atoms with Gasteiger partial charge in [-0.25, -0.2) is 9.67 Å². The second kappa shape index (κ2) is 6.95. The first-order valence-electron chi connectivity index (χ1n) is 8.78. The van der Waals surface area contributed by atoms with E-state index in [0.29, 0.717) is 23.7 Å². The minimum Gasteiger partial charge on any atom is -0.448 e. The lowest BCUT2D eigenvalue weighted by molar-refractivity contribution is 0.0735. The second-order valence-corrected chi connectivity index (χ2v) is 7.05. The summed E-state index contributed by atoms with van der Waals surface area (Å²) in [5, 5.41) is 21.4. The van der Waals surface area contributed by atoms with Crippen LogP contribution in [0.4, 0.5) is 0 Å². The van der Waals surface area contributed by atoms with Crippen molar-refractivity contribution in [3.63, 3.8) is 0 Å². The Balaban J connectivity index is 1.74. The van der Waals surface area contributed by atoms with Gasteiger partial charge in [-0.15, -0.1) is 5.10 Å². The lowest BCUT2D eigenvalue weighted by atomic mass is 9.90. The third kappa shape index (κ3) is 3.89. The Morgan fingerprint density at radius 3 is 2.84 bits per heavy atom. The van der Waals surface area contributed by atoms with Crippen LogP contribution in [0.1, 0.15) is 74.6 Å². The molecule has 25 heavy (non-hydrogen) atoms. The van der Waals surface area contributed by atoms with Crippen molar-refractivity contribution in [2.75, 3.05) is 0 Å². The van der Waals surface area contributed by atoms with Gasteiger partial charge in [0.1, 0.15) is 17.6 Å². The van der Waals surface area contributed by atoms with Gasteiger partial charge < -0.3 is 14.8 Å². The molecule has 1 fully saturated rings. The summed E-state index contributed by atoms with van der Waals surface area (Å²) in [6, 6.07) is -0.0433. The highest BCUT2D eigenvalue weighted by molar-refractivity contribution is 5.92. The number of rotatable bonds is 5. The molecule has 1 aliphatic carbocycles. The quantitative estimate of drug-likeness (QED) is 0.856. The smallest absolute Gasteiger partial charge is 0.273 e. The molecule has 3 rings (SSSR count). The summed E-state index contributed by atoms with van der Waals surface area (Å²) < 4.78 is 7.01. The van der Waals surface area contributed by atoms with Gasteiger partial charge in [-0.3, -0.25) is 4.79 Å². The third-order valence-corrected chi connectivity index (χ3v) is 4.61. The van der Waals surface area contributed by atoms with E-state index in [0.717, 1.165) is 25.7 Å². The van der Waals surface area contributed by atoms with Crippen LogP contribution in [0.3, 0.4) is 0 Å². The number of aryl methyl sites for hydroxylation is 1. The Labute approximate surface area is 146 Å². The summed E-state index contributed by atoms with van der Waals surface area (Å²) in [6.07, 6.45) is 7.70. The molecule has 1 amide bonds. The lowest BCUT2D eigenvalue weighted by Crippen LogP contribution is -2.43. The topological polar surface area (TPSA) is 106 Å². The maximum atomic E-state index is 12.5. The molecule has 0 aromatic carbocycles. The molecule has 136 valence electrons. The highest BCUT2D eigenvalue weighted by Crippen LogP contribution is 2.29. The average Bonchev–Trinajstić information content (AvgIpc) is 3.24. The SMILES string of the molecule is CCc1nc(C(=O)N[C@H]2CCCC[C@H]2n2cc(C(C)(C)O)nn2)co1. The standard InChI is InChI=1S/C17H25N5O3/c1-4-15-18-12(10-25-15)16(23)19-11-7-5-6-8-13(11)22-9-14(20-21-22)17(2,3)24/h9-11,13,24H,4-8H2,1-3H3,(H,19,23)/t11-,13+/m0/s1. The van der Waals surface area contributed by atoms with Gasteiger partial charge >= 0.3 is 0 Å². The molecule has 8 heteroatoms. The molecule has 2 N–H and O–H groups in total. The maximum absolute atomic E-state index is 12.5. The van der Waals surface area contributed by atoms with Gasteiger partial charge in [0, 0.05) is 6.42 Å². The van der Waals surface area contributed by atoms with Gasteiger partial charge in [-0.05, 0) is 26.7 Å². The monoisotopic (exact) mass is 347 g/mol. The Hall–Kier alpha value is -2.22. The highest BCUT2D eigenvalue weighted by Gasteiger charge is 2.31. The van der Waals surface area contributed by atoms with Crippen LogP contribution >= 0.6 is 0 Å². The molecule has 0 unspecified atom stereocenters. The van der Waals surface area contributed by atoms with Crippen LogP contribution in [0.15, 0.2) is 16.9 Å². The predicted molar refractivity (Wildman–Crippen MR) is 89.9 cm³/mol. The number of aromatic nitrogens is 4. The first kappa shape index (κ1) is 17.6. The number of nitrogens with zero attached hydrogens (tertiary/aromatic N) is 4. The number of nitrogens with one attached hydrogen (secondary N) is 1. The van der Waals surface area contributed by atoms with Crippen molar-refractivity contribution in [2.45, 2.75) is 70.6 Å². The molecule has 2 heterocycles. The van der Waals surface area contributed by atoms with Crippen molar-refractivity contribution in [1.82, 2.24) is 25.3 Å². The molecule has 0 spiro atoms. The van der Waals surface area contributed by atoms with Crippen LogP contribution in [0.2, 0.25) is 0 Å². The van der Waals surface area contributed by atoms with Crippen LogP contribution < -0.4 is 5.32 Å². The van der Waals surface area contributed by atoms with Gasteiger partial charge in [0.05, 0.1) is 18.3 Å². The van der Waals surface area contributed by atoms with Gasteiger partial charge in [0.25, 0.3) is 5.91 Å². The van der Waals surface area contributed by atoms with Gasteiger partial charge in [0.2, 0.25) is 0 Å². The zero-order valence-corrected chi connectivity index (χ0v) is 14.9.